The van der Waals surface area contributed by atoms with E-state index in [1.807, 2.05) is 6.92 Å². The molecule has 0 aliphatic carbocycles. The van der Waals surface area contributed by atoms with Gasteiger partial charge in [0.05, 0.1) is 11.9 Å². The SMILES string of the molecule is CCn1ncc(N2CCCC(CC(=O)Nc3ccc(F)c(F)c3)C2)cc1=O. The predicted octanol–water partition coefficient (Wildman–Crippen LogP) is 2.79. The maximum absolute atomic E-state index is 13.2. The molecule has 1 atom stereocenters. The molecule has 1 saturated heterocycles. The molecule has 1 aromatic heterocycles. The van der Waals surface area contributed by atoms with E-state index in [-0.39, 0.29) is 29.5 Å². The molecule has 0 spiro atoms. The number of nitrogens with zero attached hydrogens (tertiary/aromatic N) is 3. The molecule has 8 heteroatoms. The van der Waals surface area contributed by atoms with Crippen LogP contribution in [0.4, 0.5) is 20.2 Å². The first-order valence-electron chi connectivity index (χ1n) is 9.03. The Bertz CT molecular complexity index is 884. The summed E-state index contributed by atoms with van der Waals surface area (Å²) < 4.78 is 27.6. The zero-order chi connectivity index (χ0) is 19.4. The highest BCUT2D eigenvalue weighted by Gasteiger charge is 2.23. The van der Waals surface area contributed by atoms with Crippen molar-refractivity contribution in [2.45, 2.75) is 32.7 Å². The molecule has 0 saturated carbocycles. The van der Waals surface area contributed by atoms with Gasteiger partial charge in [-0.15, -0.1) is 0 Å². The topological polar surface area (TPSA) is 67.2 Å². The highest BCUT2D eigenvalue weighted by molar-refractivity contribution is 5.90. The number of halogens is 2. The maximum atomic E-state index is 13.2. The fraction of sp³-hybridized carbons (Fsp3) is 0.421. The Balaban J connectivity index is 1.60. The van der Waals surface area contributed by atoms with Gasteiger partial charge in [-0.3, -0.25) is 9.59 Å². The average Bonchev–Trinajstić information content (AvgIpc) is 2.65. The van der Waals surface area contributed by atoms with E-state index in [4.69, 9.17) is 0 Å². The van der Waals surface area contributed by atoms with Crippen LogP contribution in [0.5, 0.6) is 0 Å². The molecule has 1 N–H and O–H groups in total. The summed E-state index contributed by atoms with van der Waals surface area (Å²) in [6.07, 6.45) is 3.74. The van der Waals surface area contributed by atoms with Gasteiger partial charge in [0.1, 0.15) is 0 Å². The fourth-order valence-corrected chi connectivity index (χ4v) is 3.35. The lowest BCUT2D eigenvalue weighted by Crippen LogP contribution is -2.38. The Morgan fingerprint density at radius 1 is 1.30 bits per heavy atom. The van der Waals surface area contributed by atoms with Gasteiger partial charge in [0.2, 0.25) is 5.91 Å². The van der Waals surface area contributed by atoms with E-state index in [1.165, 1.54) is 10.7 Å². The highest BCUT2D eigenvalue weighted by atomic mass is 19.2. The standard InChI is InChI=1S/C19H22F2N4O2/c1-2-25-19(27)10-15(11-22-25)24-7-3-4-13(12-24)8-18(26)23-14-5-6-16(20)17(21)9-14/h5-6,9-11,13H,2-4,7-8,12H2,1H3,(H,23,26). The summed E-state index contributed by atoms with van der Waals surface area (Å²) in [4.78, 5) is 26.3. The molecule has 1 fully saturated rings. The van der Waals surface area contributed by atoms with Crippen molar-refractivity contribution < 1.29 is 13.6 Å². The summed E-state index contributed by atoms with van der Waals surface area (Å²) in [5, 5.41) is 6.75. The van der Waals surface area contributed by atoms with E-state index in [2.05, 4.69) is 15.3 Å². The predicted molar refractivity (Wildman–Crippen MR) is 98.7 cm³/mol. The summed E-state index contributed by atoms with van der Waals surface area (Å²) in [5.74, 6) is -2.08. The van der Waals surface area contributed by atoms with Crippen molar-refractivity contribution in [3.63, 3.8) is 0 Å². The van der Waals surface area contributed by atoms with Gasteiger partial charge in [-0.2, -0.15) is 5.10 Å². The molecule has 144 valence electrons. The molecule has 1 unspecified atom stereocenters. The van der Waals surface area contributed by atoms with Crippen molar-refractivity contribution in [3.05, 3.63) is 52.5 Å². The fourth-order valence-electron chi connectivity index (χ4n) is 3.35. The molecular formula is C19H22F2N4O2. The van der Waals surface area contributed by atoms with E-state index in [0.717, 1.165) is 37.2 Å². The summed E-state index contributed by atoms with van der Waals surface area (Å²) in [5.41, 5.74) is 0.850. The van der Waals surface area contributed by atoms with Gasteiger partial charge in [0, 0.05) is 43.9 Å². The zero-order valence-corrected chi connectivity index (χ0v) is 15.1. The van der Waals surface area contributed by atoms with Crippen molar-refractivity contribution in [2.75, 3.05) is 23.3 Å². The summed E-state index contributed by atoms with van der Waals surface area (Å²) in [6.45, 7) is 3.82. The molecule has 1 aromatic carbocycles. The molecule has 0 radical (unpaired) electrons. The van der Waals surface area contributed by atoms with Crippen molar-refractivity contribution in [2.24, 2.45) is 5.92 Å². The normalized spacial score (nSPS) is 17.0. The third-order valence-corrected chi connectivity index (χ3v) is 4.72. The molecule has 3 rings (SSSR count). The minimum Gasteiger partial charge on any atom is -0.370 e. The van der Waals surface area contributed by atoms with E-state index in [1.54, 1.807) is 12.3 Å². The van der Waals surface area contributed by atoms with Crippen molar-refractivity contribution in [1.29, 1.82) is 0 Å². The van der Waals surface area contributed by atoms with Crippen LogP contribution in [0.1, 0.15) is 26.2 Å². The van der Waals surface area contributed by atoms with Gasteiger partial charge in [0.25, 0.3) is 5.56 Å². The third kappa shape index (κ3) is 4.69. The number of rotatable bonds is 5. The molecule has 6 nitrogen and oxygen atoms in total. The first-order chi connectivity index (χ1) is 13.0. The lowest BCUT2D eigenvalue weighted by atomic mass is 9.94. The number of hydrogen-bond donors (Lipinski definition) is 1. The largest absolute Gasteiger partial charge is 0.370 e. The van der Waals surface area contributed by atoms with Crippen LogP contribution < -0.4 is 15.8 Å². The van der Waals surface area contributed by atoms with Gasteiger partial charge in [-0.25, -0.2) is 13.5 Å². The number of aromatic nitrogens is 2. The Morgan fingerprint density at radius 2 is 2.11 bits per heavy atom. The van der Waals surface area contributed by atoms with Crippen molar-refractivity contribution in [3.8, 4) is 0 Å². The van der Waals surface area contributed by atoms with Crippen LogP contribution in [0.25, 0.3) is 0 Å². The Hall–Kier alpha value is -2.77. The van der Waals surface area contributed by atoms with Crippen LogP contribution in [0.2, 0.25) is 0 Å². The second-order valence-corrected chi connectivity index (χ2v) is 6.70. The summed E-state index contributed by atoms with van der Waals surface area (Å²) in [6, 6.07) is 4.85. The Morgan fingerprint density at radius 3 is 2.81 bits per heavy atom. The molecular weight excluding hydrogens is 354 g/mol. The zero-order valence-electron chi connectivity index (χ0n) is 15.1. The minimum atomic E-state index is -0.994. The number of benzene rings is 1. The van der Waals surface area contributed by atoms with Crippen LogP contribution in [-0.4, -0.2) is 28.8 Å². The lowest BCUT2D eigenvalue weighted by Gasteiger charge is -2.33. The number of piperidine rings is 1. The number of amides is 1. The summed E-state index contributed by atoms with van der Waals surface area (Å²) >= 11 is 0. The first kappa shape index (κ1) is 19.0. The molecule has 1 aliphatic rings. The van der Waals surface area contributed by atoms with E-state index in [0.29, 0.717) is 13.1 Å². The quantitative estimate of drug-likeness (QED) is 0.871. The van der Waals surface area contributed by atoms with Crippen LogP contribution >= 0.6 is 0 Å². The number of carbonyl (C=O) groups excluding carboxylic acids is 1. The molecule has 2 heterocycles. The average molecular weight is 376 g/mol. The van der Waals surface area contributed by atoms with Gasteiger partial charge in [-0.1, -0.05) is 0 Å². The number of anilines is 2. The Labute approximate surface area is 155 Å². The van der Waals surface area contributed by atoms with E-state index in [9.17, 15) is 18.4 Å². The smallest absolute Gasteiger partial charge is 0.268 e. The van der Waals surface area contributed by atoms with E-state index < -0.39 is 11.6 Å². The van der Waals surface area contributed by atoms with Crippen LogP contribution in [0.3, 0.4) is 0 Å². The number of hydrogen-bond acceptors (Lipinski definition) is 4. The van der Waals surface area contributed by atoms with Gasteiger partial charge in [0.15, 0.2) is 11.6 Å². The lowest BCUT2D eigenvalue weighted by molar-refractivity contribution is -0.117. The molecule has 2 aromatic rings. The second kappa shape index (κ2) is 8.28. The monoisotopic (exact) mass is 376 g/mol. The Kier molecular flexibility index (Phi) is 5.83. The minimum absolute atomic E-state index is 0.109. The van der Waals surface area contributed by atoms with Crippen molar-refractivity contribution >= 4 is 17.3 Å². The number of carbonyl (C=O) groups is 1. The molecule has 0 bridgehead atoms. The molecule has 1 amide bonds. The van der Waals surface area contributed by atoms with Gasteiger partial charge >= 0.3 is 0 Å². The third-order valence-electron chi connectivity index (χ3n) is 4.72. The first-order valence-corrected chi connectivity index (χ1v) is 9.03. The number of aryl methyl sites for hydroxylation is 1. The van der Waals surface area contributed by atoms with Crippen LogP contribution in [0, 0.1) is 17.6 Å². The van der Waals surface area contributed by atoms with Gasteiger partial charge in [-0.05, 0) is 37.8 Å². The molecule has 1 aliphatic heterocycles. The van der Waals surface area contributed by atoms with Crippen LogP contribution in [0.15, 0.2) is 35.3 Å². The second-order valence-electron chi connectivity index (χ2n) is 6.70. The van der Waals surface area contributed by atoms with Gasteiger partial charge < -0.3 is 10.2 Å². The highest BCUT2D eigenvalue weighted by Crippen LogP contribution is 2.24. The maximum Gasteiger partial charge on any atom is 0.268 e. The van der Waals surface area contributed by atoms with Crippen molar-refractivity contribution in [1.82, 2.24) is 9.78 Å². The molecule has 27 heavy (non-hydrogen) atoms. The van der Waals surface area contributed by atoms with Crippen LogP contribution in [-0.2, 0) is 11.3 Å². The van der Waals surface area contributed by atoms with E-state index >= 15 is 0 Å². The number of nitrogens with one attached hydrogen (secondary N) is 1. The summed E-state index contributed by atoms with van der Waals surface area (Å²) in [7, 11) is 0.